The molecule has 0 saturated heterocycles. The quantitative estimate of drug-likeness (QED) is 0.510. The topological polar surface area (TPSA) is 84.2 Å². The van der Waals surface area contributed by atoms with Crippen molar-refractivity contribution in [3.05, 3.63) is 89.2 Å². The van der Waals surface area contributed by atoms with Gasteiger partial charge in [-0.25, -0.2) is 0 Å². The Morgan fingerprint density at radius 2 is 1.86 bits per heavy atom. The van der Waals surface area contributed by atoms with Crippen molar-refractivity contribution in [3.8, 4) is 0 Å². The Bertz CT molecular complexity index is 1120. The zero-order valence-corrected chi connectivity index (χ0v) is 16.2. The number of nitrogens with zero attached hydrogens (tertiary/aromatic N) is 4. The van der Waals surface area contributed by atoms with Crippen LogP contribution in [0, 0.1) is 6.92 Å². The molecule has 29 heavy (non-hydrogen) atoms. The van der Waals surface area contributed by atoms with Gasteiger partial charge in [0.2, 0.25) is 0 Å². The number of carbonyl (C=O) groups is 1. The lowest BCUT2D eigenvalue weighted by Gasteiger charge is -2.07. The SMILES string of the molecule is Cc1cccc(C(=O)NCCc2nnc3ccc(NCc4ccccc4)nn23)c1. The Morgan fingerprint density at radius 3 is 2.69 bits per heavy atom. The third-order valence-electron chi connectivity index (χ3n) is 4.56. The molecule has 0 aliphatic rings. The average Bonchev–Trinajstić information content (AvgIpc) is 3.15. The lowest BCUT2D eigenvalue weighted by molar-refractivity contribution is 0.0954. The molecule has 4 aromatic rings. The fourth-order valence-corrected chi connectivity index (χ4v) is 3.05. The fraction of sp³-hybridized carbons (Fsp3) is 0.182. The van der Waals surface area contributed by atoms with Gasteiger partial charge in [0.25, 0.3) is 5.91 Å². The van der Waals surface area contributed by atoms with E-state index in [4.69, 9.17) is 0 Å². The van der Waals surface area contributed by atoms with E-state index in [1.54, 1.807) is 10.6 Å². The molecule has 7 heteroatoms. The standard InChI is InChI=1S/C22H22N6O/c1-16-6-5-9-18(14-16)22(29)23-13-12-21-26-25-20-11-10-19(27-28(20)21)24-15-17-7-3-2-4-8-17/h2-11,14H,12-13,15H2,1H3,(H,23,29)(H,24,27). The van der Waals surface area contributed by atoms with Gasteiger partial charge in [-0.2, -0.15) is 4.52 Å². The molecular formula is C22H22N6O. The van der Waals surface area contributed by atoms with Gasteiger partial charge < -0.3 is 10.6 Å². The first-order valence-electron chi connectivity index (χ1n) is 9.53. The summed E-state index contributed by atoms with van der Waals surface area (Å²) >= 11 is 0. The summed E-state index contributed by atoms with van der Waals surface area (Å²) in [5, 5.41) is 19.2. The van der Waals surface area contributed by atoms with Gasteiger partial charge in [-0.3, -0.25) is 4.79 Å². The molecule has 0 bridgehead atoms. The van der Waals surface area contributed by atoms with Crippen LogP contribution in [0.5, 0.6) is 0 Å². The highest BCUT2D eigenvalue weighted by Crippen LogP contribution is 2.10. The van der Waals surface area contributed by atoms with E-state index in [2.05, 4.69) is 38.1 Å². The van der Waals surface area contributed by atoms with Gasteiger partial charge in [-0.15, -0.1) is 15.3 Å². The maximum Gasteiger partial charge on any atom is 0.251 e. The Morgan fingerprint density at radius 1 is 1.00 bits per heavy atom. The van der Waals surface area contributed by atoms with Crippen LogP contribution in [0.25, 0.3) is 5.65 Å². The lowest BCUT2D eigenvalue weighted by atomic mass is 10.1. The predicted molar refractivity (Wildman–Crippen MR) is 112 cm³/mol. The van der Waals surface area contributed by atoms with Gasteiger partial charge >= 0.3 is 0 Å². The van der Waals surface area contributed by atoms with Crippen molar-refractivity contribution >= 4 is 17.4 Å². The van der Waals surface area contributed by atoms with Crippen LogP contribution in [0.3, 0.4) is 0 Å². The van der Waals surface area contributed by atoms with Gasteiger partial charge in [-0.1, -0.05) is 48.0 Å². The van der Waals surface area contributed by atoms with E-state index < -0.39 is 0 Å². The highest BCUT2D eigenvalue weighted by molar-refractivity contribution is 5.94. The third kappa shape index (κ3) is 4.57. The maximum absolute atomic E-state index is 12.3. The number of rotatable bonds is 7. The van der Waals surface area contributed by atoms with Crippen LogP contribution >= 0.6 is 0 Å². The largest absolute Gasteiger partial charge is 0.365 e. The summed E-state index contributed by atoms with van der Waals surface area (Å²) in [6.45, 7) is 3.11. The second-order valence-corrected chi connectivity index (χ2v) is 6.82. The van der Waals surface area contributed by atoms with Crippen molar-refractivity contribution in [3.63, 3.8) is 0 Å². The number of benzene rings is 2. The van der Waals surface area contributed by atoms with Gasteiger partial charge in [0.15, 0.2) is 11.5 Å². The van der Waals surface area contributed by atoms with Crippen LogP contribution < -0.4 is 10.6 Å². The number of nitrogens with one attached hydrogen (secondary N) is 2. The van der Waals surface area contributed by atoms with Crippen molar-refractivity contribution in [1.82, 2.24) is 25.1 Å². The second-order valence-electron chi connectivity index (χ2n) is 6.82. The summed E-state index contributed by atoms with van der Waals surface area (Å²) < 4.78 is 1.71. The highest BCUT2D eigenvalue weighted by Gasteiger charge is 2.10. The van der Waals surface area contributed by atoms with E-state index in [9.17, 15) is 4.79 Å². The first-order valence-corrected chi connectivity index (χ1v) is 9.53. The molecule has 0 spiro atoms. The smallest absolute Gasteiger partial charge is 0.251 e. The molecule has 7 nitrogen and oxygen atoms in total. The van der Waals surface area contributed by atoms with Crippen molar-refractivity contribution in [2.45, 2.75) is 19.9 Å². The number of amides is 1. The molecule has 2 N–H and O–H groups in total. The summed E-state index contributed by atoms with van der Waals surface area (Å²) in [5.41, 5.74) is 3.56. The van der Waals surface area contributed by atoms with Crippen molar-refractivity contribution in [1.29, 1.82) is 0 Å². The molecule has 0 aliphatic carbocycles. The van der Waals surface area contributed by atoms with Crippen molar-refractivity contribution < 1.29 is 4.79 Å². The number of hydrogen-bond acceptors (Lipinski definition) is 5. The zero-order valence-electron chi connectivity index (χ0n) is 16.2. The molecule has 2 aromatic carbocycles. The summed E-state index contributed by atoms with van der Waals surface area (Å²) in [4.78, 5) is 12.3. The molecule has 0 fully saturated rings. The van der Waals surface area contributed by atoms with Crippen molar-refractivity contribution in [2.24, 2.45) is 0 Å². The monoisotopic (exact) mass is 386 g/mol. The minimum atomic E-state index is -0.0966. The van der Waals surface area contributed by atoms with Crippen LogP contribution in [-0.2, 0) is 13.0 Å². The van der Waals surface area contributed by atoms with E-state index in [1.807, 2.05) is 55.5 Å². The third-order valence-corrected chi connectivity index (χ3v) is 4.56. The first kappa shape index (κ1) is 18.6. The molecule has 2 aromatic heterocycles. The molecule has 0 unspecified atom stereocenters. The molecule has 146 valence electrons. The zero-order chi connectivity index (χ0) is 20.1. The molecular weight excluding hydrogens is 364 g/mol. The Balaban J connectivity index is 1.39. The summed E-state index contributed by atoms with van der Waals surface area (Å²) in [6, 6.07) is 21.4. The van der Waals surface area contributed by atoms with Gasteiger partial charge in [0, 0.05) is 25.1 Å². The number of fused-ring (bicyclic) bond motifs is 1. The minimum Gasteiger partial charge on any atom is -0.365 e. The summed E-state index contributed by atoms with van der Waals surface area (Å²) in [7, 11) is 0. The van der Waals surface area contributed by atoms with Crippen LogP contribution in [0.1, 0.15) is 27.3 Å². The van der Waals surface area contributed by atoms with E-state index in [-0.39, 0.29) is 5.91 Å². The molecule has 0 saturated carbocycles. The Labute approximate surface area is 168 Å². The molecule has 2 heterocycles. The normalized spacial score (nSPS) is 10.8. The number of anilines is 1. The Kier molecular flexibility index (Phi) is 5.47. The molecule has 0 aliphatic heterocycles. The number of hydrogen-bond donors (Lipinski definition) is 2. The van der Waals surface area contributed by atoms with Crippen LogP contribution in [0.15, 0.2) is 66.7 Å². The molecule has 0 radical (unpaired) electrons. The first-order chi connectivity index (χ1) is 14.2. The Hall–Kier alpha value is -3.74. The minimum absolute atomic E-state index is 0.0966. The van der Waals surface area contributed by atoms with Gasteiger partial charge in [0.1, 0.15) is 5.82 Å². The van der Waals surface area contributed by atoms with E-state index in [1.165, 1.54) is 5.56 Å². The van der Waals surface area contributed by atoms with Crippen LogP contribution in [0.2, 0.25) is 0 Å². The van der Waals surface area contributed by atoms with Crippen molar-refractivity contribution in [2.75, 3.05) is 11.9 Å². The summed E-state index contributed by atoms with van der Waals surface area (Å²) in [6.07, 6.45) is 0.536. The van der Waals surface area contributed by atoms with Crippen LogP contribution in [0.4, 0.5) is 5.82 Å². The van der Waals surface area contributed by atoms with E-state index in [0.29, 0.717) is 36.5 Å². The number of aryl methyl sites for hydroxylation is 1. The number of aromatic nitrogens is 4. The van der Waals surface area contributed by atoms with Gasteiger partial charge in [-0.05, 0) is 36.8 Å². The van der Waals surface area contributed by atoms with E-state index in [0.717, 1.165) is 11.4 Å². The van der Waals surface area contributed by atoms with Crippen LogP contribution in [-0.4, -0.2) is 32.3 Å². The lowest BCUT2D eigenvalue weighted by Crippen LogP contribution is -2.26. The summed E-state index contributed by atoms with van der Waals surface area (Å²) in [5.74, 6) is 1.35. The second kappa shape index (κ2) is 8.52. The molecule has 0 atom stereocenters. The fourth-order valence-electron chi connectivity index (χ4n) is 3.05. The van der Waals surface area contributed by atoms with Gasteiger partial charge in [0.05, 0.1) is 0 Å². The van der Waals surface area contributed by atoms with E-state index >= 15 is 0 Å². The number of carbonyl (C=O) groups excluding carboxylic acids is 1. The highest BCUT2D eigenvalue weighted by atomic mass is 16.1. The molecule has 1 amide bonds. The maximum atomic E-state index is 12.3. The predicted octanol–water partition coefficient (Wildman–Crippen LogP) is 3.02. The average molecular weight is 386 g/mol. The molecule has 4 rings (SSSR count).